The Labute approximate surface area is 129 Å². The standard InChI is InChI=1S/C14H15F3N2S2/c1-9(2)7-18-13-19-8-12(20-13)10-3-5-11(6-4-10)21-14(15,16)17/h3-6,8-9H,7H2,1-2H3,(H,18,19). The van der Waals surface area contributed by atoms with E-state index in [1.807, 2.05) is 0 Å². The van der Waals surface area contributed by atoms with Crippen molar-refractivity contribution in [2.75, 3.05) is 11.9 Å². The van der Waals surface area contributed by atoms with Crippen molar-refractivity contribution in [1.82, 2.24) is 4.98 Å². The molecule has 0 radical (unpaired) electrons. The van der Waals surface area contributed by atoms with Gasteiger partial charge in [0.15, 0.2) is 5.13 Å². The topological polar surface area (TPSA) is 24.9 Å². The number of hydrogen-bond donors (Lipinski definition) is 1. The van der Waals surface area contributed by atoms with E-state index < -0.39 is 5.51 Å². The van der Waals surface area contributed by atoms with Crippen LogP contribution in [0.15, 0.2) is 35.4 Å². The van der Waals surface area contributed by atoms with Gasteiger partial charge in [0.1, 0.15) is 0 Å². The minimum absolute atomic E-state index is 0.103. The van der Waals surface area contributed by atoms with Crippen molar-refractivity contribution in [3.05, 3.63) is 30.5 Å². The zero-order valence-electron chi connectivity index (χ0n) is 11.6. The highest BCUT2D eigenvalue weighted by Gasteiger charge is 2.29. The Morgan fingerprint density at radius 3 is 2.48 bits per heavy atom. The van der Waals surface area contributed by atoms with Crippen LogP contribution in [0.25, 0.3) is 10.4 Å². The fraction of sp³-hybridized carbons (Fsp3) is 0.357. The summed E-state index contributed by atoms with van der Waals surface area (Å²) in [4.78, 5) is 5.39. The minimum atomic E-state index is -4.25. The van der Waals surface area contributed by atoms with Crippen LogP contribution < -0.4 is 5.32 Å². The zero-order chi connectivity index (χ0) is 15.5. The molecule has 0 atom stereocenters. The van der Waals surface area contributed by atoms with Gasteiger partial charge < -0.3 is 5.32 Å². The van der Waals surface area contributed by atoms with Gasteiger partial charge in [-0.3, -0.25) is 0 Å². The van der Waals surface area contributed by atoms with Crippen LogP contribution in [0.4, 0.5) is 18.3 Å². The van der Waals surface area contributed by atoms with Gasteiger partial charge >= 0.3 is 5.51 Å². The number of halogens is 3. The number of benzene rings is 1. The summed E-state index contributed by atoms with van der Waals surface area (Å²) < 4.78 is 36.8. The predicted octanol–water partition coefficient (Wildman–Crippen LogP) is 5.49. The maximum Gasteiger partial charge on any atom is 0.446 e. The van der Waals surface area contributed by atoms with E-state index >= 15 is 0 Å². The summed E-state index contributed by atoms with van der Waals surface area (Å²) in [7, 11) is 0. The van der Waals surface area contributed by atoms with E-state index in [-0.39, 0.29) is 16.7 Å². The van der Waals surface area contributed by atoms with Crippen molar-refractivity contribution in [2.24, 2.45) is 5.92 Å². The van der Waals surface area contributed by atoms with E-state index in [1.54, 1.807) is 18.3 Å². The first-order valence-electron chi connectivity index (χ1n) is 6.39. The average molecular weight is 332 g/mol. The maximum absolute atomic E-state index is 12.3. The lowest BCUT2D eigenvalue weighted by molar-refractivity contribution is -0.0328. The number of aromatic nitrogens is 1. The Morgan fingerprint density at radius 1 is 1.24 bits per heavy atom. The van der Waals surface area contributed by atoms with Gasteiger partial charge in [-0.15, -0.1) is 0 Å². The normalized spacial score (nSPS) is 11.9. The molecule has 1 heterocycles. The molecule has 2 aromatic rings. The largest absolute Gasteiger partial charge is 0.446 e. The van der Waals surface area contributed by atoms with Crippen LogP contribution in [-0.4, -0.2) is 17.0 Å². The molecule has 0 aliphatic carbocycles. The summed E-state index contributed by atoms with van der Waals surface area (Å²) in [6, 6.07) is 6.34. The molecule has 0 unspecified atom stereocenters. The number of rotatable bonds is 5. The van der Waals surface area contributed by atoms with Crippen molar-refractivity contribution >= 4 is 28.2 Å². The summed E-state index contributed by atoms with van der Waals surface area (Å²) in [5, 5.41) is 4.06. The van der Waals surface area contributed by atoms with Crippen molar-refractivity contribution in [1.29, 1.82) is 0 Å². The molecule has 1 aromatic carbocycles. The van der Waals surface area contributed by atoms with E-state index in [9.17, 15) is 13.2 Å². The van der Waals surface area contributed by atoms with Crippen LogP contribution in [0.1, 0.15) is 13.8 Å². The molecule has 0 saturated heterocycles. The SMILES string of the molecule is CC(C)CNc1ncc(-c2ccc(SC(F)(F)F)cc2)s1. The second-order valence-electron chi connectivity index (χ2n) is 4.88. The fourth-order valence-electron chi connectivity index (χ4n) is 1.60. The maximum atomic E-state index is 12.3. The first kappa shape index (κ1) is 16.2. The second kappa shape index (κ2) is 6.70. The van der Waals surface area contributed by atoms with E-state index in [2.05, 4.69) is 24.1 Å². The summed E-state index contributed by atoms with van der Waals surface area (Å²) in [5.41, 5.74) is -3.38. The van der Waals surface area contributed by atoms with Gasteiger partial charge in [-0.25, -0.2) is 4.98 Å². The first-order chi connectivity index (χ1) is 9.83. The van der Waals surface area contributed by atoms with Gasteiger partial charge in [0, 0.05) is 17.6 Å². The fourth-order valence-corrected chi connectivity index (χ4v) is 2.97. The lowest BCUT2D eigenvalue weighted by Crippen LogP contribution is -2.07. The van der Waals surface area contributed by atoms with Crippen molar-refractivity contribution in [3.8, 4) is 10.4 Å². The van der Waals surface area contributed by atoms with Gasteiger partial charge in [0.25, 0.3) is 0 Å². The van der Waals surface area contributed by atoms with Crippen LogP contribution in [-0.2, 0) is 0 Å². The van der Waals surface area contributed by atoms with Crippen LogP contribution >= 0.6 is 23.1 Å². The third kappa shape index (κ3) is 5.24. The van der Waals surface area contributed by atoms with Gasteiger partial charge in [-0.05, 0) is 35.4 Å². The molecular weight excluding hydrogens is 317 g/mol. The molecule has 1 N–H and O–H groups in total. The zero-order valence-corrected chi connectivity index (χ0v) is 13.2. The smallest absolute Gasteiger partial charge is 0.361 e. The monoisotopic (exact) mass is 332 g/mol. The van der Waals surface area contributed by atoms with E-state index in [0.717, 1.165) is 22.1 Å². The Morgan fingerprint density at radius 2 is 1.90 bits per heavy atom. The van der Waals surface area contributed by atoms with E-state index in [0.29, 0.717) is 5.92 Å². The highest BCUT2D eigenvalue weighted by molar-refractivity contribution is 8.00. The third-order valence-corrected chi connectivity index (χ3v) is 4.28. The molecule has 21 heavy (non-hydrogen) atoms. The summed E-state index contributed by atoms with van der Waals surface area (Å²) in [6.45, 7) is 5.06. The van der Waals surface area contributed by atoms with Gasteiger partial charge in [0.2, 0.25) is 0 Å². The van der Waals surface area contributed by atoms with E-state index in [1.165, 1.54) is 23.5 Å². The van der Waals surface area contributed by atoms with Crippen LogP contribution in [0.3, 0.4) is 0 Å². The second-order valence-corrected chi connectivity index (χ2v) is 7.05. The number of nitrogens with one attached hydrogen (secondary N) is 1. The molecule has 0 fully saturated rings. The number of hydrogen-bond acceptors (Lipinski definition) is 4. The highest BCUT2D eigenvalue weighted by atomic mass is 32.2. The average Bonchev–Trinajstić information content (AvgIpc) is 2.84. The number of alkyl halides is 3. The summed E-state index contributed by atoms with van der Waals surface area (Å²) >= 11 is 1.39. The molecular formula is C14H15F3N2S2. The predicted molar refractivity (Wildman–Crippen MR) is 82.8 cm³/mol. The molecule has 0 aliphatic rings. The van der Waals surface area contributed by atoms with Crippen LogP contribution in [0, 0.1) is 5.92 Å². The Bertz CT molecular complexity index is 577. The number of thioether (sulfide) groups is 1. The van der Waals surface area contributed by atoms with Crippen molar-refractivity contribution in [3.63, 3.8) is 0 Å². The Hall–Kier alpha value is -1.21. The summed E-state index contributed by atoms with van der Waals surface area (Å²) in [6.07, 6.45) is 1.74. The molecule has 0 saturated carbocycles. The Kier molecular flexibility index (Phi) is 5.16. The molecule has 7 heteroatoms. The lowest BCUT2D eigenvalue weighted by Gasteiger charge is -2.06. The number of nitrogens with zero attached hydrogens (tertiary/aromatic N) is 1. The van der Waals surface area contributed by atoms with E-state index in [4.69, 9.17) is 0 Å². The highest BCUT2D eigenvalue weighted by Crippen LogP contribution is 2.38. The molecule has 2 nitrogen and oxygen atoms in total. The van der Waals surface area contributed by atoms with Gasteiger partial charge in [-0.2, -0.15) is 13.2 Å². The first-order valence-corrected chi connectivity index (χ1v) is 8.02. The molecule has 2 rings (SSSR count). The third-order valence-electron chi connectivity index (χ3n) is 2.54. The number of anilines is 1. The molecule has 0 aliphatic heterocycles. The minimum Gasteiger partial charge on any atom is -0.361 e. The number of thiazole rings is 1. The molecule has 0 spiro atoms. The molecule has 0 amide bonds. The molecule has 1 aromatic heterocycles. The molecule has 114 valence electrons. The molecule has 0 bridgehead atoms. The van der Waals surface area contributed by atoms with Gasteiger partial charge in [0.05, 0.1) is 4.88 Å². The van der Waals surface area contributed by atoms with Gasteiger partial charge in [-0.1, -0.05) is 37.3 Å². The van der Waals surface area contributed by atoms with Crippen molar-refractivity contribution < 1.29 is 13.2 Å². The Balaban J connectivity index is 2.05. The lowest BCUT2D eigenvalue weighted by atomic mass is 10.2. The van der Waals surface area contributed by atoms with Crippen LogP contribution in [0.2, 0.25) is 0 Å². The summed E-state index contributed by atoms with van der Waals surface area (Å²) in [5.74, 6) is 0.524. The quantitative estimate of drug-likeness (QED) is 0.733. The van der Waals surface area contributed by atoms with Crippen LogP contribution in [0.5, 0.6) is 0 Å². The van der Waals surface area contributed by atoms with Crippen molar-refractivity contribution in [2.45, 2.75) is 24.3 Å².